The van der Waals surface area contributed by atoms with Crippen molar-refractivity contribution in [2.45, 2.75) is 26.7 Å². The van der Waals surface area contributed by atoms with Crippen LogP contribution in [0.15, 0.2) is 24.3 Å². The average Bonchev–Trinajstić information content (AvgIpc) is 2.36. The van der Waals surface area contributed by atoms with Crippen LogP contribution in [0.25, 0.3) is 0 Å². The van der Waals surface area contributed by atoms with Crippen LogP contribution in [-0.2, 0) is 6.42 Å². The Hall–Kier alpha value is -0.570. The lowest BCUT2D eigenvalue weighted by atomic mass is 9.89. The van der Waals surface area contributed by atoms with Gasteiger partial charge in [0.2, 0.25) is 0 Å². The summed E-state index contributed by atoms with van der Waals surface area (Å²) >= 11 is 5.87. The minimum Gasteiger partial charge on any atom is -0.330 e. The Labute approximate surface area is 116 Å². The van der Waals surface area contributed by atoms with Crippen molar-refractivity contribution in [2.24, 2.45) is 11.1 Å². The highest BCUT2D eigenvalue weighted by Gasteiger charge is 2.15. The maximum atomic E-state index is 5.87. The van der Waals surface area contributed by atoms with Gasteiger partial charge in [-0.2, -0.15) is 0 Å². The molecule has 0 unspecified atom stereocenters. The van der Waals surface area contributed by atoms with E-state index < -0.39 is 0 Å². The fraction of sp³-hybridized carbons (Fsp3) is 0.600. The Morgan fingerprint density at radius 1 is 1.17 bits per heavy atom. The van der Waals surface area contributed by atoms with E-state index in [9.17, 15) is 0 Å². The second kappa shape index (κ2) is 7.13. The fourth-order valence-corrected chi connectivity index (χ4v) is 1.80. The number of halogens is 1. The number of hydrogen-bond donors (Lipinski definition) is 1. The highest BCUT2D eigenvalue weighted by molar-refractivity contribution is 6.30. The molecule has 0 saturated carbocycles. The van der Waals surface area contributed by atoms with Gasteiger partial charge in [-0.3, -0.25) is 0 Å². The SMILES string of the molecule is CN(CCc1ccc(Cl)cc1)CCC(C)(C)CN. The van der Waals surface area contributed by atoms with Gasteiger partial charge in [0.05, 0.1) is 0 Å². The molecule has 0 fully saturated rings. The molecule has 0 saturated heterocycles. The van der Waals surface area contributed by atoms with E-state index in [-0.39, 0.29) is 5.41 Å². The maximum Gasteiger partial charge on any atom is 0.0406 e. The topological polar surface area (TPSA) is 29.3 Å². The smallest absolute Gasteiger partial charge is 0.0406 e. The summed E-state index contributed by atoms with van der Waals surface area (Å²) in [5, 5.41) is 0.803. The molecule has 0 spiro atoms. The number of rotatable bonds is 7. The van der Waals surface area contributed by atoms with Gasteiger partial charge in [0.1, 0.15) is 0 Å². The molecule has 0 bridgehead atoms. The Morgan fingerprint density at radius 2 is 1.78 bits per heavy atom. The van der Waals surface area contributed by atoms with E-state index in [4.69, 9.17) is 17.3 Å². The molecule has 0 aliphatic heterocycles. The van der Waals surface area contributed by atoms with Gasteiger partial charge in [0, 0.05) is 11.6 Å². The molecule has 0 aromatic heterocycles. The quantitative estimate of drug-likeness (QED) is 0.823. The van der Waals surface area contributed by atoms with Crippen LogP contribution >= 0.6 is 11.6 Å². The summed E-state index contributed by atoms with van der Waals surface area (Å²) in [4.78, 5) is 2.37. The molecule has 2 nitrogen and oxygen atoms in total. The third-order valence-corrected chi connectivity index (χ3v) is 3.67. The number of nitrogens with two attached hydrogens (primary N) is 1. The lowest BCUT2D eigenvalue weighted by molar-refractivity contribution is 0.256. The second-order valence-electron chi connectivity index (χ2n) is 5.80. The van der Waals surface area contributed by atoms with E-state index in [0.717, 1.165) is 37.5 Å². The van der Waals surface area contributed by atoms with Crippen molar-refractivity contribution >= 4 is 11.6 Å². The van der Waals surface area contributed by atoms with Crippen molar-refractivity contribution in [1.29, 1.82) is 0 Å². The summed E-state index contributed by atoms with van der Waals surface area (Å²) < 4.78 is 0. The summed E-state index contributed by atoms with van der Waals surface area (Å²) in [6.07, 6.45) is 2.21. The first-order chi connectivity index (χ1) is 8.43. The summed E-state index contributed by atoms with van der Waals surface area (Å²) in [6.45, 7) is 7.36. The monoisotopic (exact) mass is 268 g/mol. The van der Waals surface area contributed by atoms with Crippen LogP contribution in [0.1, 0.15) is 25.8 Å². The van der Waals surface area contributed by atoms with Crippen LogP contribution in [0, 0.1) is 5.41 Å². The number of hydrogen-bond acceptors (Lipinski definition) is 2. The van der Waals surface area contributed by atoms with Gasteiger partial charge in [-0.1, -0.05) is 37.6 Å². The van der Waals surface area contributed by atoms with Crippen LogP contribution in [0.5, 0.6) is 0 Å². The minimum atomic E-state index is 0.245. The molecule has 1 rings (SSSR count). The first kappa shape index (κ1) is 15.5. The Morgan fingerprint density at radius 3 is 2.33 bits per heavy atom. The fourth-order valence-electron chi connectivity index (χ4n) is 1.68. The summed E-state index contributed by atoms with van der Waals surface area (Å²) in [7, 11) is 2.17. The first-order valence-electron chi connectivity index (χ1n) is 6.56. The number of nitrogens with zero attached hydrogens (tertiary/aromatic N) is 1. The lowest BCUT2D eigenvalue weighted by Gasteiger charge is -2.26. The van der Waals surface area contributed by atoms with Crippen molar-refractivity contribution in [1.82, 2.24) is 4.90 Å². The second-order valence-corrected chi connectivity index (χ2v) is 6.23. The molecule has 0 aliphatic carbocycles. The molecule has 0 amide bonds. The maximum absolute atomic E-state index is 5.87. The zero-order valence-corrected chi connectivity index (χ0v) is 12.5. The standard InChI is InChI=1S/C15H25ClN2/c1-15(2,12-17)9-11-18(3)10-8-13-4-6-14(16)7-5-13/h4-7H,8-12,17H2,1-3H3. The first-order valence-corrected chi connectivity index (χ1v) is 6.94. The van der Waals surface area contributed by atoms with E-state index in [1.807, 2.05) is 12.1 Å². The molecule has 3 heteroatoms. The molecule has 0 aliphatic rings. The van der Waals surface area contributed by atoms with Gasteiger partial charge in [-0.15, -0.1) is 0 Å². The van der Waals surface area contributed by atoms with Crippen molar-refractivity contribution in [3.63, 3.8) is 0 Å². The predicted octanol–water partition coefficient (Wildman–Crippen LogP) is 3.19. The summed E-state index contributed by atoms with van der Waals surface area (Å²) in [5.74, 6) is 0. The molecule has 0 atom stereocenters. The molecule has 102 valence electrons. The van der Waals surface area contributed by atoms with E-state index in [2.05, 4.69) is 37.9 Å². The van der Waals surface area contributed by atoms with Gasteiger partial charge in [-0.25, -0.2) is 0 Å². The highest BCUT2D eigenvalue weighted by Crippen LogP contribution is 2.18. The molecule has 18 heavy (non-hydrogen) atoms. The zero-order chi connectivity index (χ0) is 13.6. The molecule has 0 radical (unpaired) electrons. The van der Waals surface area contributed by atoms with Crippen LogP contribution in [-0.4, -0.2) is 31.6 Å². The van der Waals surface area contributed by atoms with Gasteiger partial charge in [0.15, 0.2) is 0 Å². The lowest BCUT2D eigenvalue weighted by Crippen LogP contribution is -2.30. The van der Waals surface area contributed by atoms with Crippen LogP contribution in [0.3, 0.4) is 0 Å². The van der Waals surface area contributed by atoms with E-state index >= 15 is 0 Å². The molecule has 2 N–H and O–H groups in total. The Balaban J connectivity index is 2.29. The van der Waals surface area contributed by atoms with Crippen molar-refractivity contribution < 1.29 is 0 Å². The molecule has 0 heterocycles. The van der Waals surface area contributed by atoms with Crippen molar-refractivity contribution in [3.8, 4) is 0 Å². The number of benzene rings is 1. The predicted molar refractivity (Wildman–Crippen MR) is 80.1 cm³/mol. The van der Waals surface area contributed by atoms with Gasteiger partial charge in [0.25, 0.3) is 0 Å². The Bertz CT molecular complexity index is 346. The largest absolute Gasteiger partial charge is 0.330 e. The average molecular weight is 269 g/mol. The van der Waals surface area contributed by atoms with E-state index in [1.54, 1.807) is 0 Å². The molecule has 1 aromatic carbocycles. The van der Waals surface area contributed by atoms with E-state index in [0.29, 0.717) is 0 Å². The molecule has 1 aromatic rings. The highest BCUT2D eigenvalue weighted by atomic mass is 35.5. The van der Waals surface area contributed by atoms with Crippen LogP contribution in [0.4, 0.5) is 0 Å². The normalized spacial score (nSPS) is 12.1. The molecular formula is C15H25ClN2. The summed E-state index contributed by atoms with van der Waals surface area (Å²) in [6, 6.07) is 8.10. The van der Waals surface area contributed by atoms with E-state index in [1.165, 1.54) is 5.56 Å². The van der Waals surface area contributed by atoms with Gasteiger partial charge < -0.3 is 10.6 Å². The minimum absolute atomic E-state index is 0.245. The number of likely N-dealkylation sites (N-methyl/N-ethyl adjacent to an activating group) is 1. The Kier molecular flexibility index (Phi) is 6.13. The van der Waals surface area contributed by atoms with Crippen LogP contribution in [0.2, 0.25) is 5.02 Å². The zero-order valence-electron chi connectivity index (χ0n) is 11.7. The van der Waals surface area contributed by atoms with Crippen molar-refractivity contribution in [2.75, 3.05) is 26.7 Å². The summed E-state index contributed by atoms with van der Waals surface area (Å²) in [5.41, 5.74) is 7.32. The third kappa shape index (κ3) is 5.85. The molecular weight excluding hydrogens is 244 g/mol. The third-order valence-electron chi connectivity index (χ3n) is 3.42. The van der Waals surface area contributed by atoms with Gasteiger partial charge in [-0.05, 0) is 56.1 Å². The van der Waals surface area contributed by atoms with Gasteiger partial charge >= 0.3 is 0 Å². The van der Waals surface area contributed by atoms with Crippen molar-refractivity contribution in [3.05, 3.63) is 34.9 Å². The van der Waals surface area contributed by atoms with Crippen LogP contribution < -0.4 is 5.73 Å².